The van der Waals surface area contributed by atoms with Crippen LogP contribution in [0.25, 0.3) is 0 Å². The van der Waals surface area contributed by atoms with Crippen LogP contribution in [0.2, 0.25) is 0 Å². The minimum absolute atomic E-state index is 0.125. The van der Waals surface area contributed by atoms with Crippen molar-refractivity contribution in [3.63, 3.8) is 0 Å². The van der Waals surface area contributed by atoms with Gasteiger partial charge < -0.3 is 10.2 Å². The van der Waals surface area contributed by atoms with Crippen LogP contribution in [0.4, 0.5) is 8.78 Å². The molecule has 0 aliphatic carbocycles. The van der Waals surface area contributed by atoms with E-state index in [1.807, 2.05) is 0 Å². The number of rotatable bonds is 5. The monoisotopic (exact) mass is 314 g/mol. The topological polar surface area (TPSA) is 46.9 Å². The van der Waals surface area contributed by atoms with E-state index in [-0.39, 0.29) is 17.7 Å². The molecular formula is C16H24F2N2O2. The lowest BCUT2D eigenvalue weighted by molar-refractivity contribution is 0.0234. The van der Waals surface area contributed by atoms with E-state index < -0.39 is 17.7 Å². The molecule has 3 atom stereocenters. The summed E-state index contributed by atoms with van der Waals surface area (Å²) in [4.78, 5) is 4.27. The van der Waals surface area contributed by atoms with Crippen molar-refractivity contribution in [3.05, 3.63) is 35.4 Å². The molecule has 0 aromatic heterocycles. The lowest BCUT2D eigenvalue weighted by Crippen LogP contribution is -2.54. The molecule has 22 heavy (non-hydrogen) atoms. The summed E-state index contributed by atoms with van der Waals surface area (Å²) in [6.45, 7) is 7.06. The van der Waals surface area contributed by atoms with Gasteiger partial charge in [0.2, 0.25) is 0 Å². The molecule has 0 spiro atoms. The maximum absolute atomic E-state index is 13.7. The van der Waals surface area contributed by atoms with Gasteiger partial charge in [-0.2, -0.15) is 0 Å². The van der Waals surface area contributed by atoms with Crippen LogP contribution in [0.15, 0.2) is 18.2 Å². The maximum Gasteiger partial charge on any atom is 0.131 e. The summed E-state index contributed by atoms with van der Waals surface area (Å²) in [6.07, 6.45) is -1.34. The maximum atomic E-state index is 13.7. The Hall–Kier alpha value is -1.08. The Kier molecular flexibility index (Phi) is 5.86. The summed E-state index contributed by atoms with van der Waals surface area (Å²) in [6, 6.07) is 3.50. The van der Waals surface area contributed by atoms with Gasteiger partial charge >= 0.3 is 0 Å². The number of hydrogen-bond donors (Lipinski definition) is 2. The Bertz CT molecular complexity index is 499. The minimum Gasteiger partial charge on any atom is -0.392 e. The summed E-state index contributed by atoms with van der Waals surface area (Å²) in [5.41, 5.74) is 0.125. The van der Waals surface area contributed by atoms with Crippen molar-refractivity contribution in [2.75, 3.05) is 32.7 Å². The summed E-state index contributed by atoms with van der Waals surface area (Å²) >= 11 is 0. The normalized spacial score (nSPS) is 23.5. The minimum atomic E-state index is -0.976. The average molecular weight is 314 g/mol. The molecule has 1 saturated heterocycles. The van der Waals surface area contributed by atoms with E-state index in [1.54, 1.807) is 6.92 Å². The van der Waals surface area contributed by atoms with Crippen LogP contribution in [0, 0.1) is 11.6 Å². The first-order valence-electron chi connectivity index (χ1n) is 7.64. The Morgan fingerprint density at radius 1 is 1.23 bits per heavy atom. The van der Waals surface area contributed by atoms with Crippen molar-refractivity contribution in [2.24, 2.45) is 0 Å². The molecule has 2 N–H and O–H groups in total. The molecular weight excluding hydrogens is 290 g/mol. The van der Waals surface area contributed by atoms with Crippen LogP contribution in [-0.4, -0.2) is 64.9 Å². The Balaban J connectivity index is 1.92. The number of aliphatic hydroxyl groups is 2. The molecule has 0 saturated carbocycles. The third kappa shape index (κ3) is 4.46. The van der Waals surface area contributed by atoms with Gasteiger partial charge in [-0.05, 0) is 19.9 Å². The average Bonchev–Trinajstić information content (AvgIpc) is 2.41. The van der Waals surface area contributed by atoms with Crippen LogP contribution in [0.1, 0.15) is 25.5 Å². The van der Waals surface area contributed by atoms with Crippen LogP contribution < -0.4 is 0 Å². The number of β-amino-alcohol motifs (C(OH)–C–C–N with tert-alkyl or cyclic N) is 2. The molecule has 1 fully saturated rings. The zero-order valence-corrected chi connectivity index (χ0v) is 13.0. The highest BCUT2D eigenvalue weighted by molar-refractivity contribution is 5.21. The van der Waals surface area contributed by atoms with Crippen molar-refractivity contribution in [2.45, 2.75) is 32.1 Å². The zero-order chi connectivity index (χ0) is 16.3. The number of hydrogen-bond acceptors (Lipinski definition) is 4. The van der Waals surface area contributed by atoms with E-state index in [0.717, 1.165) is 31.8 Å². The van der Waals surface area contributed by atoms with Crippen LogP contribution in [-0.2, 0) is 0 Å². The molecule has 0 radical (unpaired) electrons. The second-order valence-corrected chi connectivity index (χ2v) is 6.13. The quantitative estimate of drug-likeness (QED) is 0.862. The van der Waals surface area contributed by atoms with E-state index in [2.05, 4.69) is 16.7 Å². The molecule has 0 bridgehead atoms. The highest BCUT2D eigenvalue weighted by Gasteiger charge is 2.26. The fourth-order valence-corrected chi connectivity index (χ4v) is 2.96. The molecule has 0 unspecified atom stereocenters. The van der Waals surface area contributed by atoms with Crippen molar-refractivity contribution in [1.82, 2.24) is 9.80 Å². The number of aliphatic hydroxyl groups excluding tert-OH is 2. The highest BCUT2D eigenvalue weighted by atomic mass is 19.1. The number of nitrogens with zero attached hydrogens (tertiary/aromatic N) is 2. The van der Waals surface area contributed by atoms with Crippen molar-refractivity contribution in [3.8, 4) is 0 Å². The summed E-state index contributed by atoms with van der Waals surface area (Å²) in [5, 5.41) is 19.7. The van der Waals surface area contributed by atoms with Crippen LogP contribution >= 0.6 is 0 Å². The van der Waals surface area contributed by atoms with Gasteiger partial charge in [0.05, 0.1) is 12.2 Å². The molecule has 124 valence electrons. The first-order valence-corrected chi connectivity index (χ1v) is 7.64. The van der Waals surface area contributed by atoms with Gasteiger partial charge in [0.25, 0.3) is 0 Å². The van der Waals surface area contributed by atoms with Gasteiger partial charge in [0.1, 0.15) is 11.6 Å². The molecule has 2 rings (SSSR count). The number of halogens is 2. The molecule has 1 aromatic rings. The first kappa shape index (κ1) is 17.3. The predicted octanol–water partition coefficient (Wildman–Crippen LogP) is 1.39. The third-order valence-electron chi connectivity index (χ3n) is 4.10. The molecule has 1 aliphatic rings. The number of benzene rings is 1. The van der Waals surface area contributed by atoms with Crippen molar-refractivity contribution >= 4 is 0 Å². The Morgan fingerprint density at radius 3 is 2.55 bits per heavy atom. The standard InChI is InChI=1S/C16H24F2N2O2/c1-11-8-19(5-6-20(11)9-12(2)21)10-16(22)14-4-3-13(17)7-15(14)18/h3-4,7,11-12,16,21-22H,5-6,8-10H2,1-2H3/t11-,12+,16+/m1/s1. The van der Waals surface area contributed by atoms with Gasteiger partial charge in [-0.3, -0.25) is 9.80 Å². The zero-order valence-electron chi connectivity index (χ0n) is 13.0. The van der Waals surface area contributed by atoms with Crippen molar-refractivity contribution < 1.29 is 19.0 Å². The number of piperazine rings is 1. The summed E-state index contributed by atoms with van der Waals surface area (Å²) in [7, 11) is 0. The van der Waals surface area contributed by atoms with E-state index in [9.17, 15) is 19.0 Å². The van der Waals surface area contributed by atoms with Gasteiger partial charge in [-0.1, -0.05) is 6.07 Å². The smallest absolute Gasteiger partial charge is 0.131 e. The molecule has 1 aliphatic heterocycles. The van der Waals surface area contributed by atoms with Crippen molar-refractivity contribution in [1.29, 1.82) is 0 Å². The summed E-state index contributed by atoms with van der Waals surface area (Å²) < 4.78 is 26.6. The molecule has 6 heteroatoms. The SMILES string of the molecule is C[C@H](O)CN1CCN(C[C@H](O)c2ccc(F)cc2F)C[C@H]1C. The largest absolute Gasteiger partial charge is 0.392 e. The van der Waals surface area contributed by atoms with E-state index in [1.165, 1.54) is 6.07 Å². The molecule has 1 aromatic carbocycles. The first-order chi connectivity index (χ1) is 10.4. The van der Waals surface area contributed by atoms with E-state index in [4.69, 9.17) is 0 Å². The van der Waals surface area contributed by atoms with Gasteiger partial charge in [0, 0.05) is 50.4 Å². The van der Waals surface area contributed by atoms with Crippen LogP contribution in [0.5, 0.6) is 0 Å². The lowest BCUT2D eigenvalue weighted by atomic mass is 10.1. The Labute approximate surface area is 130 Å². The van der Waals surface area contributed by atoms with E-state index in [0.29, 0.717) is 13.1 Å². The molecule has 4 nitrogen and oxygen atoms in total. The van der Waals surface area contributed by atoms with Gasteiger partial charge in [0.15, 0.2) is 0 Å². The Morgan fingerprint density at radius 2 is 1.95 bits per heavy atom. The third-order valence-corrected chi connectivity index (χ3v) is 4.10. The van der Waals surface area contributed by atoms with Gasteiger partial charge in [-0.15, -0.1) is 0 Å². The highest BCUT2D eigenvalue weighted by Crippen LogP contribution is 2.20. The van der Waals surface area contributed by atoms with E-state index >= 15 is 0 Å². The lowest BCUT2D eigenvalue weighted by Gasteiger charge is -2.41. The second kappa shape index (κ2) is 7.46. The second-order valence-electron chi connectivity index (χ2n) is 6.13. The van der Waals surface area contributed by atoms with Crippen LogP contribution in [0.3, 0.4) is 0 Å². The molecule has 1 heterocycles. The van der Waals surface area contributed by atoms with Gasteiger partial charge in [-0.25, -0.2) is 8.78 Å². The fourth-order valence-electron chi connectivity index (χ4n) is 2.96. The molecule has 0 amide bonds. The predicted molar refractivity (Wildman–Crippen MR) is 80.5 cm³/mol. The summed E-state index contributed by atoms with van der Waals surface area (Å²) in [5.74, 6) is -1.36. The fraction of sp³-hybridized carbons (Fsp3) is 0.625.